The predicted molar refractivity (Wildman–Crippen MR) is 74.3 cm³/mol. The van der Waals surface area contributed by atoms with Crippen LogP contribution >= 0.6 is 0 Å². The van der Waals surface area contributed by atoms with E-state index in [1.165, 1.54) is 5.56 Å². The Morgan fingerprint density at radius 1 is 0.944 bits per heavy atom. The molecule has 0 unspecified atom stereocenters. The predicted octanol–water partition coefficient (Wildman–Crippen LogP) is 3.94. The van der Waals surface area contributed by atoms with Crippen molar-refractivity contribution in [3.8, 4) is 0 Å². The van der Waals surface area contributed by atoms with Gasteiger partial charge in [0.2, 0.25) is 0 Å². The van der Waals surface area contributed by atoms with E-state index in [-0.39, 0.29) is 17.5 Å². The molecule has 2 rings (SSSR count). The van der Waals surface area contributed by atoms with Gasteiger partial charge in [-0.05, 0) is 46.3 Å². The van der Waals surface area contributed by atoms with Crippen molar-refractivity contribution >= 4 is 6.08 Å². The van der Waals surface area contributed by atoms with Crippen LogP contribution in [-0.4, -0.2) is 17.5 Å². The van der Waals surface area contributed by atoms with Crippen molar-refractivity contribution in [2.24, 2.45) is 0 Å². The Morgan fingerprint density at radius 2 is 1.44 bits per heavy atom. The van der Waals surface area contributed by atoms with Crippen LogP contribution in [0, 0.1) is 6.92 Å². The molecule has 0 spiro atoms. The second kappa shape index (κ2) is 4.52. The average Bonchev–Trinajstić information content (AvgIpc) is 2.47. The molecule has 1 aliphatic heterocycles. The molecule has 1 aromatic carbocycles. The molecule has 2 heteroatoms. The molecule has 1 aromatic rings. The zero-order valence-corrected chi connectivity index (χ0v) is 11.9. The van der Waals surface area contributed by atoms with Gasteiger partial charge < -0.3 is 9.47 Å². The maximum atomic E-state index is 5.90. The smallest absolute Gasteiger partial charge is 0.178 e. The fourth-order valence-corrected chi connectivity index (χ4v) is 1.83. The van der Waals surface area contributed by atoms with E-state index in [4.69, 9.17) is 9.47 Å². The van der Waals surface area contributed by atoms with Crippen molar-refractivity contribution in [1.82, 2.24) is 0 Å². The zero-order valence-electron chi connectivity index (χ0n) is 11.9. The lowest BCUT2D eigenvalue weighted by molar-refractivity contribution is -0.0499. The first-order chi connectivity index (χ1) is 8.30. The van der Waals surface area contributed by atoms with Gasteiger partial charge >= 0.3 is 0 Å². The van der Waals surface area contributed by atoms with Gasteiger partial charge in [-0.1, -0.05) is 35.9 Å². The number of hydrogen-bond donors (Lipinski definition) is 0. The first kappa shape index (κ1) is 13.3. The standard InChI is InChI=1S/C16H22O2/c1-12-6-8-13(9-7-12)10-11-14-17-15(2,3)16(4,5)18-14/h6-11,14H,1-5H3/b11-10+. The van der Waals surface area contributed by atoms with Crippen molar-refractivity contribution in [3.05, 3.63) is 41.5 Å². The lowest BCUT2D eigenvalue weighted by atomic mass is 9.90. The Balaban J connectivity index is 2.06. The minimum Gasteiger partial charge on any atom is -0.340 e. The molecule has 0 saturated carbocycles. The van der Waals surface area contributed by atoms with Gasteiger partial charge in [-0.3, -0.25) is 0 Å². The van der Waals surface area contributed by atoms with Crippen molar-refractivity contribution in [3.63, 3.8) is 0 Å². The number of aryl methyl sites for hydroxylation is 1. The van der Waals surface area contributed by atoms with E-state index >= 15 is 0 Å². The Hall–Kier alpha value is -1.12. The van der Waals surface area contributed by atoms with Crippen molar-refractivity contribution in [2.45, 2.75) is 52.1 Å². The summed E-state index contributed by atoms with van der Waals surface area (Å²) in [4.78, 5) is 0. The molecule has 0 N–H and O–H groups in total. The van der Waals surface area contributed by atoms with E-state index in [1.54, 1.807) is 0 Å². The third-order valence-corrected chi connectivity index (χ3v) is 3.79. The molecule has 18 heavy (non-hydrogen) atoms. The third kappa shape index (κ3) is 2.65. The molecule has 0 atom stereocenters. The second-order valence-electron chi connectivity index (χ2n) is 5.89. The van der Waals surface area contributed by atoms with Crippen LogP contribution in [0.3, 0.4) is 0 Å². The topological polar surface area (TPSA) is 18.5 Å². The van der Waals surface area contributed by atoms with Crippen molar-refractivity contribution < 1.29 is 9.47 Å². The van der Waals surface area contributed by atoms with E-state index in [1.807, 2.05) is 12.2 Å². The summed E-state index contributed by atoms with van der Waals surface area (Å²) in [7, 11) is 0. The van der Waals surface area contributed by atoms with Crippen LogP contribution in [0.2, 0.25) is 0 Å². The molecule has 2 nitrogen and oxygen atoms in total. The van der Waals surface area contributed by atoms with Gasteiger partial charge in [-0.15, -0.1) is 0 Å². The molecule has 1 aliphatic rings. The van der Waals surface area contributed by atoms with E-state index in [9.17, 15) is 0 Å². The van der Waals surface area contributed by atoms with Crippen LogP contribution in [0.5, 0.6) is 0 Å². The summed E-state index contributed by atoms with van der Waals surface area (Å²) in [5, 5.41) is 0. The summed E-state index contributed by atoms with van der Waals surface area (Å²) in [6, 6.07) is 8.39. The largest absolute Gasteiger partial charge is 0.340 e. The van der Waals surface area contributed by atoms with E-state index in [0.29, 0.717) is 0 Å². The average molecular weight is 246 g/mol. The van der Waals surface area contributed by atoms with Crippen LogP contribution < -0.4 is 0 Å². The maximum absolute atomic E-state index is 5.90. The third-order valence-electron chi connectivity index (χ3n) is 3.79. The zero-order chi connectivity index (χ0) is 13.4. The highest BCUT2D eigenvalue weighted by atomic mass is 16.7. The van der Waals surface area contributed by atoms with E-state index in [2.05, 4.69) is 58.9 Å². The molecule has 1 fully saturated rings. The highest BCUT2D eigenvalue weighted by Crippen LogP contribution is 2.38. The summed E-state index contributed by atoms with van der Waals surface area (Å²) >= 11 is 0. The Morgan fingerprint density at radius 3 is 1.94 bits per heavy atom. The van der Waals surface area contributed by atoms with Crippen molar-refractivity contribution in [1.29, 1.82) is 0 Å². The number of hydrogen-bond acceptors (Lipinski definition) is 2. The molecule has 0 amide bonds. The van der Waals surface area contributed by atoms with Crippen LogP contribution in [0.15, 0.2) is 30.3 Å². The lowest BCUT2D eigenvalue weighted by Gasteiger charge is -2.30. The molecule has 1 saturated heterocycles. The summed E-state index contributed by atoms with van der Waals surface area (Å²) in [5.41, 5.74) is 1.89. The van der Waals surface area contributed by atoms with Gasteiger partial charge in [0.1, 0.15) is 0 Å². The maximum Gasteiger partial charge on any atom is 0.178 e. The number of ether oxygens (including phenoxy) is 2. The highest BCUT2D eigenvalue weighted by Gasteiger charge is 2.48. The van der Waals surface area contributed by atoms with Gasteiger partial charge in [-0.25, -0.2) is 0 Å². The molecule has 98 valence electrons. The SMILES string of the molecule is Cc1ccc(/C=C/C2OC(C)(C)C(C)(C)O2)cc1. The van der Waals surface area contributed by atoms with Crippen molar-refractivity contribution in [2.75, 3.05) is 0 Å². The second-order valence-corrected chi connectivity index (χ2v) is 5.89. The molecule has 0 aliphatic carbocycles. The fourth-order valence-electron chi connectivity index (χ4n) is 1.83. The summed E-state index contributed by atoms with van der Waals surface area (Å²) < 4.78 is 11.8. The number of rotatable bonds is 2. The first-order valence-corrected chi connectivity index (χ1v) is 6.41. The first-order valence-electron chi connectivity index (χ1n) is 6.41. The minimum absolute atomic E-state index is 0.267. The van der Waals surface area contributed by atoms with Crippen LogP contribution in [0.4, 0.5) is 0 Å². The molecule has 0 radical (unpaired) electrons. The van der Waals surface area contributed by atoms with Gasteiger partial charge in [0, 0.05) is 0 Å². The number of benzene rings is 1. The van der Waals surface area contributed by atoms with Crippen LogP contribution in [-0.2, 0) is 9.47 Å². The monoisotopic (exact) mass is 246 g/mol. The molecular weight excluding hydrogens is 224 g/mol. The van der Waals surface area contributed by atoms with Crippen LogP contribution in [0.1, 0.15) is 38.8 Å². The Kier molecular flexibility index (Phi) is 3.35. The van der Waals surface area contributed by atoms with E-state index < -0.39 is 0 Å². The quantitative estimate of drug-likeness (QED) is 0.787. The van der Waals surface area contributed by atoms with E-state index in [0.717, 1.165) is 5.56 Å². The molecule has 1 heterocycles. The molecular formula is C16H22O2. The minimum atomic E-state index is -0.269. The Bertz CT molecular complexity index is 425. The Labute approximate surface area is 110 Å². The lowest BCUT2D eigenvalue weighted by Crippen LogP contribution is -2.41. The highest BCUT2D eigenvalue weighted by molar-refractivity contribution is 5.50. The summed E-state index contributed by atoms with van der Waals surface area (Å²) in [5.74, 6) is 0. The van der Waals surface area contributed by atoms with Crippen LogP contribution in [0.25, 0.3) is 6.08 Å². The molecule has 0 aromatic heterocycles. The van der Waals surface area contributed by atoms with Gasteiger partial charge in [0.25, 0.3) is 0 Å². The summed E-state index contributed by atoms with van der Waals surface area (Å²) in [6.07, 6.45) is 3.75. The summed E-state index contributed by atoms with van der Waals surface area (Å²) in [6.45, 7) is 10.3. The van der Waals surface area contributed by atoms with Gasteiger partial charge in [0.15, 0.2) is 6.29 Å². The fraction of sp³-hybridized carbons (Fsp3) is 0.500. The normalized spacial score (nSPS) is 22.7. The van der Waals surface area contributed by atoms with Gasteiger partial charge in [-0.2, -0.15) is 0 Å². The van der Waals surface area contributed by atoms with Gasteiger partial charge in [0.05, 0.1) is 11.2 Å². The molecule has 0 bridgehead atoms.